The monoisotopic (exact) mass is 396 g/mol. The first-order chi connectivity index (χ1) is 13.5. The Kier molecular flexibility index (Phi) is 4.37. The van der Waals surface area contributed by atoms with Crippen molar-refractivity contribution in [3.63, 3.8) is 0 Å². The minimum Gasteiger partial charge on any atom is -0.393 e. The molecule has 2 aliphatic rings. The van der Waals surface area contributed by atoms with Crippen LogP contribution in [0, 0.1) is 6.92 Å². The Morgan fingerprint density at radius 3 is 2.39 bits per heavy atom. The van der Waals surface area contributed by atoms with E-state index in [0.717, 1.165) is 60.6 Å². The Morgan fingerprint density at radius 2 is 1.68 bits per heavy atom. The van der Waals surface area contributed by atoms with Gasteiger partial charge in [0.1, 0.15) is 5.02 Å². The molecule has 1 N–H and O–H groups in total. The quantitative estimate of drug-likeness (QED) is 0.657. The van der Waals surface area contributed by atoms with Gasteiger partial charge in [-0.25, -0.2) is 0 Å². The summed E-state index contributed by atoms with van der Waals surface area (Å²) in [5.74, 6) is 0. The lowest BCUT2D eigenvalue weighted by Gasteiger charge is -2.27. The first-order valence-electron chi connectivity index (χ1n) is 10.2. The molecule has 5 heteroatoms. The van der Waals surface area contributed by atoms with Gasteiger partial charge < -0.3 is 14.2 Å². The Labute approximate surface area is 169 Å². The molecule has 2 aromatic heterocycles. The van der Waals surface area contributed by atoms with E-state index in [9.17, 15) is 9.90 Å². The van der Waals surface area contributed by atoms with E-state index in [4.69, 9.17) is 11.6 Å². The summed E-state index contributed by atoms with van der Waals surface area (Å²) in [6.07, 6.45) is 9.85. The number of aromatic nitrogens is 2. The zero-order valence-electron chi connectivity index (χ0n) is 16.1. The van der Waals surface area contributed by atoms with Gasteiger partial charge in [0.2, 0.25) is 0 Å². The van der Waals surface area contributed by atoms with Gasteiger partial charge >= 0.3 is 0 Å². The molecular weight excluding hydrogens is 372 g/mol. The summed E-state index contributed by atoms with van der Waals surface area (Å²) in [6.45, 7) is 2.03. The lowest BCUT2D eigenvalue weighted by atomic mass is 9.93. The van der Waals surface area contributed by atoms with Crippen molar-refractivity contribution in [3.05, 3.63) is 57.6 Å². The van der Waals surface area contributed by atoms with Crippen LogP contribution in [0.4, 0.5) is 0 Å². The number of aryl methyl sites for hydroxylation is 1. The molecule has 0 unspecified atom stereocenters. The second kappa shape index (κ2) is 6.78. The van der Waals surface area contributed by atoms with E-state index in [0.29, 0.717) is 17.1 Å². The van der Waals surface area contributed by atoms with Crippen LogP contribution in [0.25, 0.3) is 22.0 Å². The second-order valence-electron chi connectivity index (χ2n) is 8.40. The maximum Gasteiger partial charge on any atom is 0.270 e. The van der Waals surface area contributed by atoms with Crippen molar-refractivity contribution in [1.29, 1.82) is 0 Å². The number of nitrogens with zero attached hydrogens (tertiary/aromatic N) is 2. The fraction of sp³-hybridized carbons (Fsp3) is 0.435. The van der Waals surface area contributed by atoms with Gasteiger partial charge in [-0.2, -0.15) is 0 Å². The predicted molar refractivity (Wildman–Crippen MR) is 113 cm³/mol. The second-order valence-corrected chi connectivity index (χ2v) is 8.78. The first-order valence-corrected chi connectivity index (χ1v) is 10.6. The maximum atomic E-state index is 12.7. The van der Waals surface area contributed by atoms with Crippen LogP contribution < -0.4 is 5.56 Å². The molecule has 1 aromatic carbocycles. The normalized spacial score (nSPS) is 22.7. The van der Waals surface area contributed by atoms with Gasteiger partial charge in [0, 0.05) is 40.9 Å². The number of fused-ring (bicyclic) bond motifs is 1. The fourth-order valence-electron chi connectivity index (χ4n) is 4.68. The topological polar surface area (TPSA) is 47.2 Å². The number of halogens is 1. The molecule has 0 amide bonds. The van der Waals surface area contributed by atoms with Gasteiger partial charge in [0.15, 0.2) is 0 Å². The van der Waals surface area contributed by atoms with Crippen LogP contribution in [0.2, 0.25) is 5.02 Å². The summed E-state index contributed by atoms with van der Waals surface area (Å²) in [7, 11) is 0. The maximum absolute atomic E-state index is 12.7. The highest BCUT2D eigenvalue weighted by molar-refractivity contribution is 6.33. The third kappa shape index (κ3) is 2.99. The minimum absolute atomic E-state index is 0.0804. The molecule has 0 spiro atoms. The van der Waals surface area contributed by atoms with E-state index in [1.807, 2.05) is 13.1 Å². The molecule has 146 valence electrons. The number of pyridine rings is 1. The van der Waals surface area contributed by atoms with Crippen molar-refractivity contribution in [2.24, 2.45) is 0 Å². The van der Waals surface area contributed by atoms with E-state index in [-0.39, 0.29) is 11.7 Å². The smallest absolute Gasteiger partial charge is 0.270 e. The molecule has 28 heavy (non-hydrogen) atoms. The van der Waals surface area contributed by atoms with Crippen molar-refractivity contribution in [2.45, 2.75) is 63.6 Å². The highest BCUT2D eigenvalue weighted by atomic mass is 35.5. The van der Waals surface area contributed by atoms with Crippen molar-refractivity contribution in [1.82, 2.24) is 9.13 Å². The van der Waals surface area contributed by atoms with Crippen LogP contribution in [0.1, 0.15) is 56.2 Å². The van der Waals surface area contributed by atoms with Gasteiger partial charge in [0.25, 0.3) is 5.56 Å². The van der Waals surface area contributed by atoms with E-state index >= 15 is 0 Å². The number of aliphatic hydroxyl groups excluding tert-OH is 1. The number of rotatable bonds is 3. The van der Waals surface area contributed by atoms with Crippen LogP contribution in [-0.4, -0.2) is 20.3 Å². The van der Waals surface area contributed by atoms with Gasteiger partial charge in [-0.3, -0.25) is 4.79 Å². The summed E-state index contributed by atoms with van der Waals surface area (Å²) in [4.78, 5) is 12.7. The van der Waals surface area contributed by atoms with Crippen molar-refractivity contribution >= 4 is 22.5 Å². The first kappa shape index (κ1) is 18.0. The molecular formula is C23H25ClN2O2. The average Bonchev–Trinajstić information content (AvgIpc) is 3.45. The molecule has 2 aliphatic carbocycles. The molecule has 2 heterocycles. The Bertz CT molecular complexity index is 1100. The van der Waals surface area contributed by atoms with Crippen LogP contribution in [0.5, 0.6) is 0 Å². The van der Waals surface area contributed by atoms with Crippen LogP contribution in [0.15, 0.2) is 41.5 Å². The van der Waals surface area contributed by atoms with Crippen molar-refractivity contribution < 1.29 is 5.11 Å². The van der Waals surface area contributed by atoms with Crippen LogP contribution in [0.3, 0.4) is 0 Å². The van der Waals surface area contributed by atoms with E-state index in [2.05, 4.69) is 35.0 Å². The van der Waals surface area contributed by atoms with E-state index < -0.39 is 0 Å². The fourth-order valence-corrected chi connectivity index (χ4v) is 5.03. The third-order valence-corrected chi connectivity index (χ3v) is 6.73. The SMILES string of the molecule is Cc1cn(C2CC2)c(=O)c(Cl)c1-c1ccc2c(ccn2C2CCC(O)CC2)c1. The molecule has 0 saturated heterocycles. The van der Waals surface area contributed by atoms with Gasteiger partial charge in [-0.05, 0) is 74.8 Å². The predicted octanol–water partition coefficient (Wildman–Crippen LogP) is 5.24. The minimum atomic E-state index is -0.146. The molecule has 0 atom stereocenters. The van der Waals surface area contributed by atoms with Crippen LogP contribution in [-0.2, 0) is 0 Å². The molecule has 2 saturated carbocycles. The lowest BCUT2D eigenvalue weighted by Crippen LogP contribution is -2.20. The third-order valence-electron chi connectivity index (χ3n) is 6.38. The Balaban J connectivity index is 1.54. The van der Waals surface area contributed by atoms with Gasteiger partial charge in [-0.15, -0.1) is 0 Å². The number of hydrogen-bond donors (Lipinski definition) is 1. The number of hydrogen-bond acceptors (Lipinski definition) is 2. The highest BCUT2D eigenvalue weighted by Crippen LogP contribution is 2.38. The zero-order chi connectivity index (χ0) is 19.4. The summed E-state index contributed by atoms with van der Waals surface area (Å²) in [5.41, 5.74) is 4.00. The summed E-state index contributed by atoms with van der Waals surface area (Å²) < 4.78 is 4.14. The van der Waals surface area contributed by atoms with Crippen molar-refractivity contribution in [2.75, 3.05) is 0 Å². The largest absolute Gasteiger partial charge is 0.393 e. The molecule has 3 aromatic rings. The molecule has 5 rings (SSSR count). The standard InChI is InChI=1S/C23H25ClN2O2/c1-14-13-26(18-3-4-18)23(28)22(24)21(14)16-2-9-20-15(12-16)10-11-25(20)17-5-7-19(27)8-6-17/h2,9-13,17-19,27H,3-8H2,1H3. The molecule has 4 nitrogen and oxygen atoms in total. The zero-order valence-corrected chi connectivity index (χ0v) is 16.8. The molecule has 2 fully saturated rings. The number of benzene rings is 1. The summed E-state index contributed by atoms with van der Waals surface area (Å²) in [6, 6.07) is 9.25. The Morgan fingerprint density at radius 1 is 1.00 bits per heavy atom. The van der Waals surface area contributed by atoms with E-state index in [1.165, 1.54) is 5.52 Å². The highest BCUT2D eigenvalue weighted by Gasteiger charge is 2.27. The van der Waals surface area contributed by atoms with Crippen molar-refractivity contribution in [3.8, 4) is 11.1 Å². The molecule has 0 radical (unpaired) electrons. The summed E-state index contributed by atoms with van der Waals surface area (Å²) >= 11 is 6.54. The van der Waals surface area contributed by atoms with Crippen LogP contribution >= 0.6 is 11.6 Å². The molecule has 0 bridgehead atoms. The number of aliphatic hydroxyl groups is 1. The molecule has 0 aliphatic heterocycles. The van der Waals surface area contributed by atoms with E-state index in [1.54, 1.807) is 4.57 Å². The van der Waals surface area contributed by atoms with Gasteiger partial charge in [-0.1, -0.05) is 17.7 Å². The lowest BCUT2D eigenvalue weighted by molar-refractivity contribution is 0.111. The average molecular weight is 397 g/mol. The van der Waals surface area contributed by atoms with Gasteiger partial charge in [0.05, 0.1) is 6.10 Å². The Hall–Kier alpha value is -2.04. The summed E-state index contributed by atoms with van der Waals surface area (Å²) in [5, 5.41) is 11.3.